The average Bonchev–Trinajstić information content (AvgIpc) is 2.28. The van der Waals surface area contributed by atoms with E-state index >= 15 is 0 Å². The van der Waals surface area contributed by atoms with Gasteiger partial charge in [-0.3, -0.25) is 4.79 Å². The topological polar surface area (TPSA) is 49.3 Å². The molecule has 0 fully saturated rings. The standard InChI is InChI=1S/C11H12BrF2NO2/c1-6-4-7(2-3-8(6)12)11(17)15-5-9(16)10(13)14/h2-4,9-10,16H,5H2,1H3,(H,15,17). The van der Waals surface area contributed by atoms with Crippen molar-refractivity contribution in [3.8, 4) is 0 Å². The number of aryl methyl sites for hydroxylation is 1. The number of alkyl halides is 2. The summed E-state index contributed by atoms with van der Waals surface area (Å²) in [5, 5.41) is 11.1. The SMILES string of the molecule is Cc1cc(C(=O)NCC(O)C(F)F)ccc1Br. The number of benzene rings is 1. The highest BCUT2D eigenvalue weighted by atomic mass is 79.9. The molecular formula is C11H12BrF2NO2. The summed E-state index contributed by atoms with van der Waals surface area (Å²) in [7, 11) is 0. The molecule has 0 aliphatic rings. The Morgan fingerprint density at radius 2 is 2.18 bits per heavy atom. The summed E-state index contributed by atoms with van der Waals surface area (Å²) < 4.78 is 24.8. The number of hydrogen-bond donors (Lipinski definition) is 2. The predicted octanol–water partition coefficient (Wildman–Crippen LogP) is 2.11. The Morgan fingerprint density at radius 3 is 2.71 bits per heavy atom. The largest absolute Gasteiger partial charge is 0.385 e. The maximum atomic E-state index is 12.0. The molecular weight excluding hydrogens is 296 g/mol. The van der Waals surface area contributed by atoms with Gasteiger partial charge >= 0.3 is 0 Å². The van der Waals surface area contributed by atoms with Crippen molar-refractivity contribution in [1.29, 1.82) is 0 Å². The van der Waals surface area contributed by atoms with Gasteiger partial charge in [0, 0.05) is 16.6 Å². The van der Waals surface area contributed by atoms with E-state index in [0.717, 1.165) is 10.0 Å². The number of aliphatic hydroxyl groups is 1. The van der Waals surface area contributed by atoms with Crippen molar-refractivity contribution in [2.24, 2.45) is 0 Å². The monoisotopic (exact) mass is 307 g/mol. The highest BCUT2D eigenvalue weighted by Gasteiger charge is 2.17. The van der Waals surface area contributed by atoms with E-state index in [1.54, 1.807) is 18.2 Å². The van der Waals surface area contributed by atoms with Gasteiger partial charge in [-0.2, -0.15) is 0 Å². The van der Waals surface area contributed by atoms with Crippen LogP contribution < -0.4 is 5.32 Å². The number of hydrogen-bond acceptors (Lipinski definition) is 2. The number of amides is 1. The van der Waals surface area contributed by atoms with Gasteiger partial charge in [0.2, 0.25) is 0 Å². The molecule has 0 aliphatic carbocycles. The van der Waals surface area contributed by atoms with Gasteiger partial charge in [0.05, 0.1) is 0 Å². The molecule has 0 spiro atoms. The first-order valence-corrected chi connectivity index (χ1v) is 5.71. The lowest BCUT2D eigenvalue weighted by molar-refractivity contribution is -0.00270. The van der Waals surface area contributed by atoms with E-state index in [2.05, 4.69) is 21.2 Å². The second-order valence-electron chi connectivity index (χ2n) is 3.58. The molecule has 0 saturated heterocycles. The fourth-order valence-corrected chi connectivity index (χ4v) is 1.42. The van der Waals surface area contributed by atoms with Crippen LogP contribution in [0.1, 0.15) is 15.9 Å². The highest BCUT2D eigenvalue weighted by molar-refractivity contribution is 9.10. The number of carbonyl (C=O) groups is 1. The van der Waals surface area contributed by atoms with Crippen molar-refractivity contribution in [1.82, 2.24) is 5.32 Å². The van der Waals surface area contributed by atoms with Crippen LogP contribution in [0.25, 0.3) is 0 Å². The Balaban J connectivity index is 2.61. The van der Waals surface area contributed by atoms with Gasteiger partial charge in [-0.25, -0.2) is 8.78 Å². The lowest BCUT2D eigenvalue weighted by atomic mass is 10.1. The normalized spacial score (nSPS) is 12.6. The Kier molecular flexibility index (Phi) is 5.02. The Labute approximate surface area is 106 Å². The van der Waals surface area contributed by atoms with Gasteiger partial charge in [0.15, 0.2) is 0 Å². The zero-order chi connectivity index (χ0) is 13.0. The number of aliphatic hydroxyl groups excluding tert-OH is 1. The maximum absolute atomic E-state index is 12.0. The third kappa shape index (κ3) is 4.05. The second-order valence-corrected chi connectivity index (χ2v) is 4.43. The summed E-state index contributed by atoms with van der Waals surface area (Å²) in [5.74, 6) is -0.486. The minimum atomic E-state index is -2.86. The van der Waals surface area contributed by atoms with Crippen molar-refractivity contribution in [3.05, 3.63) is 33.8 Å². The summed E-state index contributed by atoms with van der Waals surface area (Å²) in [5.41, 5.74) is 1.24. The fraction of sp³-hybridized carbons (Fsp3) is 0.364. The second kappa shape index (κ2) is 6.07. The van der Waals surface area contributed by atoms with Gasteiger partial charge < -0.3 is 10.4 Å². The quantitative estimate of drug-likeness (QED) is 0.895. The summed E-state index contributed by atoms with van der Waals surface area (Å²) in [6, 6.07) is 4.91. The highest BCUT2D eigenvalue weighted by Crippen LogP contribution is 2.16. The summed E-state index contributed by atoms with van der Waals surface area (Å²) in [4.78, 5) is 11.6. The van der Waals surface area contributed by atoms with Crippen LogP contribution in [0.5, 0.6) is 0 Å². The van der Waals surface area contributed by atoms with Crippen LogP contribution in [0.2, 0.25) is 0 Å². The van der Waals surface area contributed by atoms with Crippen LogP contribution in [0, 0.1) is 6.92 Å². The first-order valence-electron chi connectivity index (χ1n) is 4.92. The fourth-order valence-electron chi connectivity index (χ4n) is 1.17. The molecule has 1 atom stereocenters. The van der Waals surface area contributed by atoms with Crippen LogP contribution in [0.3, 0.4) is 0 Å². The van der Waals surface area contributed by atoms with Gasteiger partial charge in [-0.1, -0.05) is 15.9 Å². The van der Waals surface area contributed by atoms with E-state index < -0.39 is 25.0 Å². The van der Waals surface area contributed by atoms with E-state index in [4.69, 9.17) is 5.11 Å². The Morgan fingerprint density at radius 1 is 1.53 bits per heavy atom. The molecule has 0 aromatic heterocycles. The lowest BCUT2D eigenvalue weighted by Crippen LogP contribution is -2.35. The lowest BCUT2D eigenvalue weighted by Gasteiger charge is -2.11. The summed E-state index contributed by atoms with van der Waals surface area (Å²) in [6.07, 6.45) is -4.70. The van der Waals surface area contributed by atoms with Crippen molar-refractivity contribution >= 4 is 21.8 Å². The minimum Gasteiger partial charge on any atom is -0.385 e. The molecule has 1 unspecified atom stereocenters. The minimum absolute atomic E-state index is 0.368. The van der Waals surface area contributed by atoms with E-state index in [1.165, 1.54) is 0 Å². The number of nitrogens with one attached hydrogen (secondary N) is 1. The number of carbonyl (C=O) groups excluding carboxylic acids is 1. The van der Waals surface area contributed by atoms with Gasteiger partial charge in [0.25, 0.3) is 12.3 Å². The molecule has 0 bridgehead atoms. The number of halogens is 3. The van der Waals surface area contributed by atoms with E-state index in [1.807, 2.05) is 6.92 Å². The van der Waals surface area contributed by atoms with Gasteiger partial charge in [-0.15, -0.1) is 0 Å². The molecule has 0 radical (unpaired) electrons. The van der Waals surface area contributed by atoms with Crippen LogP contribution in [-0.2, 0) is 0 Å². The van der Waals surface area contributed by atoms with Crippen molar-refractivity contribution in [2.45, 2.75) is 19.5 Å². The molecule has 1 rings (SSSR count). The summed E-state index contributed by atoms with van der Waals surface area (Å²) >= 11 is 3.29. The molecule has 94 valence electrons. The van der Waals surface area contributed by atoms with Crippen molar-refractivity contribution < 1.29 is 18.7 Å². The smallest absolute Gasteiger partial charge is 0.265 e. The van der Waals surface area contributed by atoms with Gasteiger partial charge in [-0.05, 0) is 30.7 Å². The van der Waals surface area contributed by atoms with Crippen LogP contribution >= 0.6 is 15.9 Å². The van der Waals surface area contributed by atoms with Crippen molar-refractivity contribution in [3.63, 3.8) is 0 Å². The molecule has 0 aliphatic heterocycles. The molecule has 3 nitrogen and oxygen atoms in total. The predicted molar refractivity (Wildman–Crippen MR) is 63.2 cm³/mol. The molecule has 17 heavy (non-hydrogen) atoms. The molecule has 6 heteroatoms. The van der Waals surface area contributed by atoms with Crippen LogP contribution in [0.4, 0.5) is 8.78 Å². The number of rotatable bonds is 4. The molecule has 0 heterocycles. The van der Waals surface area contributed by atoms with Crippen LogP contribution in [-0.4, -0.2) is 30.1 Å². The van der Waals surface area contributed by atoms with E-state index in [9.17, 15) is 13.6 Å². The molecule has 1 amide bonds. The molecule has 2 N–H and O–H groups in total. The average molecular weight is 308 g/mol. The zero-order valence-electron chi connectivity index (χ0n) is 9.08. The molecule has 1 aromatic rings. The Hall–Kier alpha value is -1.01. The first kappa shape index (κ1) is 14.1. The first-order chi connectivity index (χ1) is 7.91. The molecule has 1 aromatic carbocycles. The maximum Gasteiger partial charge on any atom is 0.265 e. The van der Waals surface area contributed by atoms with E-state index in [0.29, 0.717) is 5.56 Å². The van der Waals surface area contributed by atoms with Crippen molar-refractivity contribution in [2.75, 3.05) is 6.54 Å². The zero-order valence-corrected chi connectivity index (χ0v) is 10.7. The van der Waals surface area contributed by atoms with E-state index in [-0.39, 0.29) is 0 Å². The Bertz CT molecular complexity index is 412. The van der Waals surface area contributed by atoms with Crippen LogP contribution in [0.15, 0.2) is 22.7 Å². The third-order valence-electron chi connectivity index (χ3n) is 2.18. The third-order valence-corrected chi connectivity index (χ3v) is 3.07. The summed E-state index contributed by atoms with van der Waals surface area (Å²) in [6.45, 7) is 1.35. The molecule has 0 saturated carbocycles. The van der Waals surface area contributed by atoms with Gasteiger partial charge in [0.1, 0.15) is 6.10 Å².